The Hall–Kier alpha value is -1.84. The zero-order valence-electron chi connectivity index (χ0n) is 11.0. The van der Waals surface area contributed by atoms with Crippen molar-refractivity contribution in [3.8, 4) is 0 Å². The molecule has 0 aliphatic carbocycles. The first-order chi connectivity index (χ1) is 8.40. The van der Waals surface area contributed by atoms with Crippen molar-refractivity contribution in [2.45, 2.75) is 32.9 Å². The van der Waals surface area contributed by atoms with Gasteiger partial charge in [0.15, 0.2) is 0 Å². The van der Waals surface area contributed by atoms with Gasteiger partial charge in [-0.1, -0.05) is 24.3 Å². The number of rotatable bonds is 2. The summed E-state index contributed by atoms with van der Waals surface area (Å²) in [7, 11) is 0. The van der Waals surface area contributed by atoms with Gasteiger partial charge in [-0.25, -0.2) is 0 Å². The van der Waals surface area contributed by atoms with Crippen LogP contribution in [0.3, 0.4) is 0 Å². The van der Waals surface area contributed by atoms with E-state index in [0.717, 1.165) is 11.1 Å². The number of hydrogen-bond donors (Lipinski definition) is 1. The molecule has 1 saturated heterocycles. The summed E-state index contributed by atoms with van der Waals surface area (Å²) in [4.78, 5) is 25.4. The topological polar surface area (TPSA) is 49.4 Å². The summed E-state index contributed by atoms with van der Waals surface area (Å²) in [6, 6.07) is 7.91. The van der Waals surface area contributed by atoms with Crippen molar-refractivity contribution in [1.29, 1.82) is 0 Å². The molecule has 0 spiro atoms. The Kier molecular flexibility index (Phi) is 3.11. The molecule has 0 saturated carbocycles. The Morgan fingerprint density at radius 3 is 2.61 bits per heavy atom. The maximum atomic E-state index is 12.2. The summed E-state index contributed by atoms with van der Waals surface area (Å²) in [5.74, 6) is -0.140. The summed E-state index contributed by atoms with van der Waals surface area (Å²) in [5, 5.41) is 2.71. The molecule has 0 atom stereocenters. The Morgan fingerprint density at radius 2 is 1.94 bits per heavy atom. The van der Waals surface area contributed by atoms with Crippen molar-refractivity contribution in [3.63, 3.8) is 0 Å². The molecule has 96 valence electrons. The van der Waals surface area contributed by atoms with E-state index in [2.05, 4.69) is 5.32 Å². The summed E-state index contributed by atoms with van der Waals surface area (Å²) in [5.41, 5.74) is 1.41. The molecule has 0 radical (unpaired) electrons. The maximum Gasteiger partial charge on any atom is 0.248 e. The van der Waals surface area contributed by atoms with Gasteiger partial charge >= 0.3 is 0 Å². The highest BCUT2D eigenvalue weighted by Crippen LogP contribution is 2.17. The van der Waals surface area contributed by atoms with E-state index in [-0.39, 0.29) is 18.4 Å². The highest BCUT2D eigenvalue weighted by atomic mass is 16.2. The minimum atomic E-state index is -0.808. The van der Waals surface area contributed by atoms with Crippen molar-refractivity contribution >= 4 is 11.8 Å². The number of nitrogens with zero attached hydrogens (tertiary/aromatic N) is 1. The number of carbonyl (C=O) groups excluding carboxylic acids is 2. The van der Waals surface area contributed by atoms with Crippen LogP contribution in [-0.2, 0) is 16.1 Å². The van der Waals surface area contributed by atoms with Crippen LogP contribution in [0.5, 0.6) is 0 Å². The summed E-state index contributed by atoms with van der Waals surface area (Å²) >= 11 is 0. The highest BCUT2D eigenvalue weighted by Gasteiger charge is 2.38. The van der Waals surface area contributed by atoms with Crippen molar-refractivity contribution in [2.75, 3.05) is 6.54 Å². The van der Waals surface area contributed by atoms with Gasteiger partial charge in [-0.05, 0) is 31.9 Å². The zero-order chi connectivity index (χ0) is 13.3. The van der Waals surface area contributed by atoms with Gasteiger partial charge in [-0.2, -0.15) is 0 Å². The minimum Gasteiger partial charge on any atom is -0.341 e. The largest absolute Gasteiger partial charge is 0.341 e. The van der Waals surface area contributed by atoms with Crippen LogP contribution in [-0.4, -0.2) is 28.8 Å². The first kappa shape index (κ1) is 12.6. The summed E-state index contributed by atoms with van der Waals surface area (Å²) in [6.45, 7) is 6.10. The Labute approximate surface area is 107 Å². The van der Waals surface area contributed by atoms with Crippen LogP contribution in [0.4, 0.5) is 0 Å². The fraction of sp³-hybridized carbons (Fsp3) is 0.429. The van der Waals surface area contributed by atoms with Crippen LogP contribution in [0.1, 0.15) is 25.0 Å². The SMILES string of the molecule is Cc1ccccc1CN1CC(=O)NC(C)(C)C1=O. The van der Waals surface area contributed by atoms with E-state index >= 15 is 0 Å². The predicted molar refractivity (Wildman–Crippen MR) is 68.8 cm³/mol. The molecule has 0 bridgehead atoms. The Bertz CT molecular complexity index is 494. The average Bonchev–Trinajstić information content (AvgIpc) is 2.27. The fourth-order valence-electron chi connectivity index (χ4n) is 2.20. The van der Waals surface area contributed by atoms with Gasteiger partial charge in [-0.3, -0.25) is 9.59 Å². The van der Waals surface area contributed by atoms with Crippen LogP contribution in [0.25, 0.3) is 0 Å². The summed E-state index contributed by atoms with van der Waals surface area (Å²) < 4.78 is 0. The van der Waals surface area contributed by atoms with Crippen LogP contribution >= 0.6 is 0 Å². The molecule has 1 fully saturated rings. The van der Waals surface area contributed by atoms with Gasteiger partial charge in [-0.15, -0.1) is 0 Å². The fourth-order valence-corrected chi connectivity index (χ4v) is 2.20. The molecule has 1 aliphatic heterocycles. The second-order valence-corrected chi connectivity index (χ2v) is 5.26. The normalized spacial score (nSPS) is 18.7. The third-order valence-corrected chi connectivity index (χ3v) is 3.23. The minimum absolute atomic E-state index is 0.0367. The third-order valence-electron chi connectivity index (χ3n) is 3.23. The molecular formula is C14H18N2O2. The van der Waals surface area contributed by atoms with Gasteiger partial charge in [0.05, 0.1) is 6.54 Å². The molecular weight excluding hydrogens is 228 g/mol. The first-order valence-electron chi connectivity index (χ1n) is 6.05. The van der Waals surface area contributed by atoms with E-state index in [9.17, 15) is 9.59 Å². The molecule has 2 amide bonds. The van der Waals surface area contributed by atoms with Gasteiger partial charge in [0.1, 0.15) is 5.54 Å². The van der Waals surface area contributed by atoms with Crippen molar-refractivity contribution < 1.29 is 9.59 Å². The zero-order valence-corrected chi connectivity index (χ0v) is 11.0. The van der Waals surface area contributed by atoms with Gasteiger partial charge < -0.3 is 10.2 Å². The predicted octanol–water partition coefficient (Wildman–Crippen LogP) is 1.23. The Balaban J connectivity index is 2.21. The second kappa shape index (κ2) is 4.44. The molecule has 1 N–H and O–H groups in total. The number of benzene rings is 1. The number of nitrogens with one attached hydrogen (secondary N) is 1. The van der Waals surface area contributed by atoms with Gasteiger partial charge in [0, 0.05) is 6.54 Å². The van der Waals surface area contributed by atoms with Crippen molar-refractivity contribution in [1.82, 2.24) is 10.2 Å². The highest BCUT2D eigenvalue weighted by molar-refractivity contribution is 5.97. The monoisotopic (exact) mass is 246 g/mol. The van der Waals surface area contributed by atoms with E-state index < -0.39 is 5.54 Å². The molecule has 0 aromatic heterocycles. The molecule has 4 nitrogen and oxygen atoms in total. The number of amides is 2. The number of piperazine rings is 1. The molecule has 1 aromatic rings. The van der Waals surface area contributed by atoms with E-state index in [1.165, 1.54) is 0 Å². The van der Waals surface area contributed by atoms with Gasteiger partial charge in [0.2, 0.25) is 11.8 Å². The second-order valence-electron chi connectivity index (χ2n) is 5.26. The van der Waals surface area contributed by atoms with Crippen LogP contribution in [0.15, 0.2) is 24.3 Å². The molecule has 4 heteroatoms. The number of carbonyl (C=O) groups is 2. The number of hydrogen-bond acceptors (Lipinski definition) is 2. The summed E-state index contributed by atoms with van der Waals surface area (Å²) in [6.07, 6.45) is 0. The smallest absolute Gasteiger partial charge is 0.248 e. The molecule has 0 unspecified atom stereocenters. The average molecular weight is 246 g/mol. The first-order valence-corrected chi connectivity index (χ1v) is 6.05. The Morgan fingerprint density at radius 1 is 1.28 bits per heavy atom. The van der Waals surface area contributed by atoms with Gasteiger partial charge in [0.25, 0.3) is 0 Å². The quantitative estimate of drug-likeness (QED) is 0.853. The lowest BCUT2D eigenvalue weighted by Crippen LogP contribution is -2.63. The lowest BCUT2D eigenvalue weighted by molar-refractivity contribution is -0.148. The van der Waals surface area contributed by atoms with Crippen LogP contribution in [0, 0.1) is 6.92 Å². The van der Waals surface area contributed by atoms with Crippen molar-refractivity contribution in [2.24, 2.45) is 0 Å². The standard InChI is InChI=1S/C14H18N2O2/c1-10-6-4-5-7-11(10)8-16-9-12(17)15-14(2,3)13(16)18/h4-7H,8-9H2,1-3H3,(H,15,17). The molecule has 1 aliphatic rings. The molecule has 18 heavy (non-hydrogen) atoms. The number of aryl methyl sites for hydroxylation is 1. The maximum absolute atomic E-state index is 12.2. The van der Waals surface area contributed by atoms with Crippen LogP contribution < -0.4 is 5.32 Å². The molecule has 2 rings (SSSR count). The molecule has 1 aromatic carbocycles. The van der Waals surface area contributed by atoms with E-state index in [4.69, 9.17) is 0 Å². The van der Waals surface area contributed by atoms with E-state index in [0.29, 0.717) is 6.54 Å². The van der Waals surface area contributed by atoms with Crippen LogP contribution in [0.2, 0.25) is 0 Å². The third kappa shape index (κ3) is 2.37. The lowest BCUT2D eigenvalue weighted by atomic mass is 9.99. The van der Waals surface area contributed by atoms with E-state index in [1.54, 1.807) is 18.7 Å². The van der Waals surface area contributed by atoms with Crippen molar-refractivity contribution in [3.05, 3.63) is 35.4 Å². The lowest BCUT2D eigenvalue weighted by Gasteiger charge is -2.37. The molecule has 1 heterocycles. The van der Waals surface area contributed by atoms with E-state index in [1.807, 2.05) is 31.2 Å².